The van der Waals surface area contributed by atoms with Crippen LogP contribution in [-0.4, -0.2) is 22.0 Å². The lowest BCUT2D eigenvalue weighted by atomic mass is 10.2. The van der Waals surface area contributed by atoms with E-state index in [9.17, 15) is 9.59 Å². The van der Waals surface area contributed by atoms with Crippen molar-refractivity contribution in [3.05, 3.63) is 52.3 Å². The van der Waals surface area contributed by atoms with Crippen molar-refractivity contribution in [3.8, 4) is 0 Å². The van der Waals surface area contributed by atoms with Crippen LogP contribution in [0.25, 0.3) is 0 Å². The van der Waals surface area contributed by atoms with Crippen LogP contribution in [0.1, 0.15) is 39.9 Å². The number of carbonyl (C=O) groups is 2. The summed E-state index contributed by atoms with van der Waals surface area (Å²) in [4.78, 5) is 23.7. The number of nitrogens with zero attached hydrogens (tertiary/aromatic N) is 1. The number of nitrogens with one attached hydrogen (secondary N) is 3. The van der Waals surface area contributed by atoms with Crippen molar-refractivity contribution in [2.24, 2.45) is 0 Å². The Morgan fingerprint density at radius 1 is 1.24 bits per heavy atom. The minimum atomic E-state index is -0.492. The maximum atomic E-state index is 11.9. The van der Waals surface area contributed by atoms with Crippen molar-refractivity contribution in [1.29, 1.82) is 0 Å². The highest BCUT2D eigenvalue weighted by Gasteiger charge is 2.13. The molecular weight excluding hydrogens is 292 g/mol. The molecule has 0 saturated heterocycles. The zero-order valence-electron chi connectivity index (χ0n) is 11.4. The Kier molecular flexibility index (Phi) is 4.94. The monoisotopic (exact) mass is 306 g/mol. The summed E-state index contributed by atoms with van der Waals surface area (Å²) in [5, 5.41) is 6.97. The predicted octanol–water partition coefficient (Wildman–Crippen LogP) is 2.09. The lowest BCUT2D eigenvalue weighted by Gasteiger charge is -2.06. The third kappa shape index (κ3) is 3.82. The van der Waals surface area contributed by atoms with Crippen molar-refractivity contribution in [1.82, 2.24) is 21.0 Å². The van der Waals surface area contributed by atoms with E-state index in [1.54, 1.807) is 30.3 Å². The number of aromatic nitrogens is 2. The van der Waals surface area contributed by atoms with Gasteiger partial charge in [0.1, 0.15) is 0 Å². The molecule has 1 aromatic heterocycles. The van der Waals surface area contributed by atoms with Crippen LogP contribution in [-0.2, 0) is 6.42 Å². The van der Waals surface area contributed by atoms with Gasteiger partial charge in [-0.05, 0) is 24.6 Å². The summed E-state index contributed by atoms with van der Waals surface area (Å²) in [6, 6.07) is 8.23. The average molecular weight is 307 g/mol. The second-order valence-electron chi connectivity index (χ2n) is 4.42. The van der Waals surface area contributed by atoms with Gasteiger partial charge in [-0.1, -0.05) is 37.1 Å². The number of carbonyl (C=O) groups excluding carboxylic acids is 2. The SMILES string of the molecule is CCCc1cc(C(=O)NNC(=O)c2ccccc2Cl)n[nH]1. The van der Waals surface area contributed by atoms with Gasteiger partial charge < -0.3 is 0 Å². The highest BCUT2D eigenvalue weighted by molar-refractivity contribution is 6.33. The van der Waals surface area contributed by atoms with Crippen molar-refractivity contribution in [2.45, 2.75) is 19.8 Å². The molecule has 3 N–H and O–H groups in total. The largest absolute Gasteiger partial charge is 0.290 e. The van der Waals surface area contributed by atoms with Gasteiger partial charge in [0.05, 0.1) is 10.6 Å². The standard InChI is InChI=1S/C14H15ClN4O2/c1-2-5-9-8-12(17-16-9)14(21)19-18-13(20)10-6-3-4-7-11(10)15/h3-4,6-8H,2,5H2,1H3,(H,16,17)(H,18,20)(H,19,21). The van der Waals surface area contributed by atoms with Gasteiger partial charge in [0.25, 0.3) is 11.8 Å². The summed E-state index contributed by atoms with van der Waals surface area (Å²) in [6.45, 7) is 2.03. The fraction of sp³-hybridized carbons (Fsp3) is 0.214. The molecule has 0 aliphatic heterocycles. The van der Waals surface area contributed by atoms with Crippen LogP contribution in [0.2, 0.25) is 5.02 Å². The molecule has 0 fully saturated rings. The average Bonchev–Trinajstić information content (AvgIpc) is 2.94. The molecule has 1 heterocycles. The normalized spacial score (nSPS) is 10.2. The summed E-state index contributed by atoms with van der Waals surface area (Å²) < 4.78 is 0. The molecule has 2 rings (SSSR count). The zero-order chi connectivity index (χ0) is 15.2. The molecule has 21 heavy (non-hydrogen) atoms. The first kappa shape index (κ1) is 15.1. The Labute approximate surface area is 126 Å². The van der Waals surface area contributed by atoms with Gasteiger partial charge in [-0.2, -0.15) is 5.10 Å². The first-order valence-corrected chi connectivity index (χ1v) is 6.89. The number of rotatable bonds is 4. The van der Waals surface area contributed by atoms with E-state index < -0.39 is 11.8 Å². The summed E-state index contributed by atoms with van der Waals surface area (Å²) in [7, 11) is 0. The molecule has 0 saturated carbocycles. The van der Waals surface area contributed by atoms with Gasteiger partial charge in [-0.25, -0.2) is 0 Å². The van der Waals surface area contributed by atoms with Crippen molar-refractivity contribution >= 4 is 23.4 Å². The van der Waals surface area contributed by atoms with E-state index >= 15 is 0 Å². The number of hydrogen-bond donors (Lipinski definition) is 3. The van der Waals surface area contributed by atoms with E-state index in [4.69, 9.17) is 11.6 Å². The number of aryl methyl sites for hydroxylation is 1. The molecule has 0 bridgehead atoms. The predicted molar refractivity (Wildman–Crippen MR) is 79.0 cm³/mol. The van der Waals surface area contributed by atoms with Crippen molar-refractivity contribution in [3.63, 3.8) is 0 Å². The van der Waals surface area contributed by atoms with Crippen LogP contribution >= 0.6 is 11.6 Å². The number of benzene rings is 1. The highest BCUT2D eigenvalue weighted by atomic mass is 35.5. The van der Waals surface area contributed by atoms with Gasteiger partial charge in [0, 0.05) is 5.69 Å². The molecule has 0 atom stereocenters. The van der Waals surface area contributed by atoms with Crippen LogP contribution in [0.3, 0.4) is 0 Å². The van der Waals surface area contributed by atoms with Gasteiger partial charge in [-0.3, -0.25) is 25.5 Å². The molecule has 2 amide bonds. The van der Waals surface area contributed by atoms with Crippen molar-refractivity contribution < 1.29 is 9.59 Å². The number of aromatic amines is 1. The first-order valence-electron chi connectivity index (χ1n) is 6.51. The lowest BCUT2D eigenvalue weighted by Crippen LogP contribution is -2.41. The Bertz CT molecular complexity index is 654. The Balaban J connectivity index is 1.94. The minimum Gasteiger partial charge on any atom is -0.282 e. The third-order valence-electron chi connectivity index (χ3n) is 2.79. The molecule has 2 aromatic rings. The summed E-state index contributed by atoms with van der Waals surface area (Å²) in [5.74, 6) is -0.979. The lowest BCUT2D eigenvalue weighted by molar-refractivity contribution is 0.0844. The third-order valence-corrected chi connectivity index (χ3v) is 3.12. The second-order valence-corrected chi connectivity index (χ2v) is 4.82. The highest BCUT2D eigenvalue weighted by Crippen LogP contribution is 2.14. The number of H-pyrrole nitrogens is 1. The van der Waals surface area contributed by atoms with Crippen LogP contribution in [0.15, 0.2) is 30.3 Å². The number of halogens is 1. The molecule has 0 spiro atoms. The van der Waals surface area contributed by atoms with E-state index in [1.807, 2.05) is 6.92 Å². The molecule has 7 heteroatoms. The van der Waals surface area contributed by atoms with E-state index in [1.165, 1.54) is 0 Å². The molecule has 6 nitrogen and oxygen atoms in total. The Morgan fingerprint density at radius 2 is 1.95 bits per heavy atom. The molecule has 0 aliphatic carbocycles. The maximum absolute atomic E-state index is 11.9. The summed E-state index contributed by atoms with van der Waals surface area (Å²) in [5.41, 5.74) is 5.98. The van der Waals surface area contributed by atoms with Gasteiger partial charge >= 0.3 is 0 Å². The minimum absolute atomic E-state index is 0.220. The van der Waals surface area contributed by atoms with Crippen LogP contribution in [0.5, 0.6) is 0 Å². The maximum Gasteiger partial charge on any atom is 0.290 e. The quantitative estimate of drug-likeness (QED) is 0.756. The van der Waals surface area contributed by atoms with Gasteiger partial charge in [0.2, 0.25) is 0 Å². The number of hydrazine groups is 1. The number of hydrogen-bond acceptors (Lipinski definition) is 3. The molecule has 0 aliphatic rings. The van der Waals surface area contributed by atoms with E-state index in [-0.39, 0.29) is 11.3 Å². The Morgan fingerprint density at radius 3 is 2.67 bits per heavy atom. The Hall–Kier alpha value is -2.34. The van der Waals surface area contributed by atoms with E-state index in [0.29, 0.717) is 5.02 Å². The smallest absolute Gasteiger partial charge is 0.282 e. The summed E-state index contributed by atoms with van der Waals surface area (Å²) >= 11 is 5.90. The topological polar surface area (TPSA) is 86.9 Å². The van der Waals surface area contributed by atoms with Crippen LogP contribution in [0, 0.1) is 0 Å². The summed E-state index contributed by atoms with van der Waals surface area (Å²) in [6.07, 6.45) is 1.76. The van der Waals surface area contributed by atoms with Crippen LogP contribution in [0.4, 0.5) is 0 Å². The van der Waals surface area contributed by atoms with E-state index in [2.05, 4.69) is 21.0 Å². The van der Waals surface area contributed by atoms with Crippen molar-refractivity contribution in [2.75, 3.05) is 0 Å². The molecule has 110 valence electrons. The molecular formula is C14H15ClN4O2. The van der Waals surface area contributed by atoms with Gasteiger partial charge in [0.15, 0.2) is 5.69 Å². The van der Waals surface area contributed by atoms with Gasteiger partial charge in [-0.15, -0.1) is 0 Å². The zero-order valence-corrected chi connectivity index (χ0v) is 12.2. The fourth-order valence-electron chi connectivity index (χ4n) is 1.77. The van der Waals surface area contributed by atoms with Crippen LogP contribution < -0.4 is 10.9 Å². The molecule has 1 aromatic carbocycles. The van der Waals surface area contributed by atoms with E-state index in [0.717, 1.165) is 18.5 Å². The number of amides is 2. The molecule has 0 unspecified atom stereocenters. The second kappa shape index (κ2) is 6.90. The first-order chi connectivity index (χ1) is 10.1. The fourth-order valence-corrected chi connectivity index (χ4v) is 1.99. The molecule has 0 radical (unpaired) electrons.